The van der Waals surface area contributed by atoms with Gasteiger partial charge < -0.3 is 15.8 Å². The molecule has 1 atom stereocenters. The van der Waals surface area contributed by atoms with Gasteiger partial charge in [0.05, 0.1) is 12.6 Å². The number of amides is 1. The van der Waals surface area contributed by atoms with Gasteiger partial charge in [-0.05, 0) is 37.1 Å². The maximum Gasteiger partial charge on any atom is 0.251 e. The van der Waals surface area contributed by atoms with Crippen LogP contribution in [0.2, 0.25) is 0 Å². The van der Waals surface area contributed by atoms with Crippen LogP contribution in [0.5, 0.6) is 5.75 Å². The van der Waals surface area contributed by atoms with Crippen LogP contribution in [0.3, 0.4) is 0 Å². The normalized spacial score (nSPS) is 11.8. The molecule has 0 aliphatic rings. The molecule has 0 bridgehead atoms. The molecule has 0 spiro atoms. The van der Waals surface area contributed by atoms with E-state index in [-0.39, 0.29) is 11.9 Å². The average Bonchev–Trinajstić information content (AvgIpc) is 2.60. The van der Waals surface area contributed by atoms with Crippen molar-refractivity contribution >= 4 is 5.91 Å². The average molecular weight is 312 g/mol. The van der Waals surface area contributed by atoms with E-state index in [0.29, 0.717) is 18.7 Å². The molecular formula is C19H24N2O2. The second-order valence-electron chi connectivity index (χ2n) is 5.31. The minimum Gasteiger partial charge on any atom is -0.494 e. The molecule has 23 heavy (non-hydrogen) atoms. The van der Waals surface area contributed by atoms with Crippen LogP contribution in [-0.4, -0.2) is 12.5 Å². The van der Waals surface area contributed by atoms with E-state index in [4.69, 9.17) is 10.5 Å². The van der Waals surface area contributed by atoms with Gasteiger partial charge in [0.25, 0.3) is 5.91 Å². The van der Waals surface area contributed by atoms with E-state index in [2.05, 4.69) is 5.32 Å². The molecule has 2 aromatic carbocycles. The predicted octanol–water partition coefficient (Wildman–Crippen LogP) is 3.43. The largest absolute Gasteiger partial charge is 0.494 e. The van der Waals surface area contributed by atoms with Crippen molar-refractivity contribution in [3.63, 3.8) is 0 Å². The van der Waals surface area contributed by atoms with Gasteiger partial charge in [0.1, 0.15) is 5.75 Å². The second-order valence-corrected chi connectivity index (χ2v) is 5.31. The number of nitrogens with two attached hydrogens (primary N) is 1. The Morgan fingerprint density at radius 1 is 1.13 bits per heavy atom. The third-order valence-corrected chi connectivity index (χ3v) is 3.76. The summed E-state index contributed by atoms with van der Waals surface area (Å²) in [6, 6.07) is 15.1. The SMILES string of the molecule is CCOc1ccccc1C(CC)NC(=O)c1ccc(CN)cc1. The Kier molecular flexibility index (Phi) is 6.18. The fraction of sp³-hybridized carbons (Fsp3) is 0.316. The van der Waals surface area contributed by atoms with Crippen LogP contribution in [-0.2, 0) is 6.54 Å². The van der Waals surface area contributed by atoms with Gasteiger partial charge in [-0.1, -0.05) is 37.3 Å². The van der Waals surface area contributed by atoms with Gasteiger partial charge in [-0.25, -0.2) is 0 Å². The van der Waals surface area contributed by atoms with Crippen molar-refractivity contribution in [2.24, 2.45) is 5.73 Å². The zero-order chi connectivity index (χ0) is 16.7. The van der Waals surface area contributed by atoms with E-state index >= 15 is 0 Å². The lowest BCUT2D eigenvalue weighted by Gasteiger charge is -2.20. The number of nitrogens with one attached hydrogen (secondary N) is 1. The lowest BCUT2D eigenvalue weighted by Crippen LogP contribution is -2.28. The lowest BCUT2D eigenvalue weighted by atomic mass is 10.0. The summed E-state index contributed by atoms with van der Waals surface area (Å²) in [5, 5.41) is 3.09. The molecule has 0 heterocycles. The second kappa shape index (κ2) is 8.34. The van der Waals surface area contributed by atoms with Crippen molar-refractivity contribution in [3.05, 3.63) is 65.2 Å². The first kappa shape index (κ1) is 17.0. The van der Waals surface area contributed by atoms with Gasteiger partial charge in [-0.2, -0.15) is 0 Å². The molecule has 0 aromatic heterocycles. The Balaban J connectivity index is 2.16. The molecule has 0 saturated heterocycles. The van der Waals surface area contributed by atoms with E-state index in [1.165, 1.54) is 0 Å². The Hall–Kier alpha value is -2.33. The first-order valence-electron chi connectivity index (χ1n) is 8.01. The van der Waals surface area contributed by atoms with E-state index in [9.17, 15) is 4.79 Å². The van der Waals surface area contributed by atoms with Crippen LogP contribution < -0.4 is 15.8 Å². The number of ether oxygens (including phenoxy) is 1. The van der Waals surface area contributed by atoms with Gasteiger partial charge in [-0.3, -0.25) is 4.79 Å². The van der Waals surface area contributed by atoms with Crippen molar-refractivity contribution < 1.29 is 9.53 Å². The third-order valence-electron chi connectivity index (χ3n) is 3.76. The van der Waals surface area contributed by atoms with Crippen LogP contribution in [0.15, 0.2) is 48.5 Å². The quantitative estimate of drug-likeness (QED) is 0.823. The fourth-order valence-electron chi connectivity index (χ4n) is 2.49. The highest BCUT2D eigenvalue weighted by molar-refractivity contribution is 5.94. The van der Waals surface area contributed by atoms with Gasteiger partial charge in [-0.15, -0.1) is 0 Å². The van der Waals surface area contributed by atoms with E-state index in [0.717, 1.165) is 23.3 Å². The smallest absolute Gasteiger partial charge is 0.251 e. The summed E-state index contributed by atoms with van der Waals surface area (Å²) < 4.78 is 5.67. The number of carbonyl (C=O) groups excluding carboxylic acids is 1. The lowest BCUT2D eigenvalue weighted by molar-refractivity contribution is 0.0935. The van der Waals surface area contributed by atoms with Crippen molar-refractivity contribution in [3.8, 4) is 5.75 Å². The summed E-state index contributed by atoms with van der Waals surface area (Å²) in [7, 11) is 0. The highest BCUT2D eigenvalue weighted by Crippen LogP contribution is 2.27. The number of carbonyl (C=O) groups is 1. The predicted molar refractivity (Wildman–Crippen MR) is 92.4 cm³/mol. The summed E-state index contributed by atoms with van der Waals surface area (Å²) in [5.74, 6) is 0.729. The number of benzene rings is 2. The first-order valence-corrected chi connectivity index (χ1v) is 8.01. The molecule has 0 fully saturated rings. The summed E-state index contributed by atoms with van der Waals surface area (Å²) in [6.07, 6.45) is 0.788. The van der Waals surface area contributed by atoms with Gasteiger partial charge in [0.2, 0.25) is 0 Å². The summed E-state index contributed by atoms with van der Waals surface area (Å²) in [6.45, 7) is 5.07. The molecule has 122 valence electrons. The molecule has 0 aliphatic carbocycles. The van der Waals surface area contributed by atoms with Crippen LogP contribution in [0.1, 0.15) is 47.8 Å². The third kappa shape index (κ3) is 4.33. The highest BCUT2D eigenvalue weighted by atomic mass is 16.5. The Morgan fingerprint density at radius 2 is 1.83 bits per heavy atom. The monoisotopic (exact) mass is 312 g/mol. The molecule has 2 aromatic rings. The molecule has 0 radical (unpaired) electrons. The Bertz CT molecular complexity index is 638. The van der Waals surface area contributed by atoms with E-state index in [1.807, 2.05) is 50.2 Å². The van der Waals surface area contributed by atoms with Crippen molar-refractivity contribution in [1.29, 1.82) is 0 Å². The zero-order valence-corrected chi connectivity index (χ0v) is 13.7. The van der Waals surface area contributed by atoms with Gasteiger partial charge in [0.15, 0.2) is 0 Å². The summed E-state index contributed by atoms with van der Waals surface area (Å²) >= 11 is 0. The van der Waals surface area contributed by atoms with E-state index in [1.54, 1.807) is 12.1 Å². The molecule has 4 nitrogen and oxygen atoms in total. The van der Waals surface area contributed by atoms with Crippen LogP contribution in [0.25, 0.3) is 0 Å². The molecule has 0 saturated carbocycles. The van der Waals surface area contributed by atoms with Crippen LogP contribution >= 0.6 is 0 Å². The minimum atomic E-state index is -0.0910. The minimum absolute atomic E-state index is 0.0839. The topological polar surface area (TPSA) is 64.3 Å². The summed E-state index contributed by atoms with van der Waals surface area (Å²) in [4.78, 5) is 12.5. The van der Waals surface area contributed by atoms with Crippen LogP contribution in [0.4, 0.5) is 0 Å². The number of hydrogen-bond acceptors (Lipinski definition) is 3. The van der Waals surface area contributed by atoms with Crippen molar-refractivity contribution in [1.82, 2.24) is 5.32 Å². The number of rotatable bonds is 7. The van der Waals surface area contributed by atoms with Gasteiger partial charge in [0, 0.05) is 17.7 Å². The number of para-hydroxylation sites is 1. The Labute approximate surface area is 137 Å². The maximum absolute atomic E-state index is 12.5. The first-order chi connectivity index (χ1) is 11.2. The molecule has 0 aliphatic heterocycles. The van der Waals surface area contributed by atoms with E-state index < -0.39 is 0 Å². The molecule has 4 heteroatoms. The van der Waals surface area contributed by atoms with Crippen molar-refractivity contribution in [2.75, 3.05) is 6.61 Å². The van der Waals surface area contributed by atoms with Crippen LogP contribution in [0, 0.1) is 0 Å². The number of hydrogen-bond donors (Lipinski definition) is 2. The van der Waals surface area contributed by atoms with Crippen molar-refractivity contribution in [2.45, 2.75) is 32.9 Å². The molecule has 2 rings (SSSR count). The zero-order valence-electron chi connectivity index (χ0n) is 13.7. The van der Waals surface area contributed by atoms with Gasteiger partial charge >= 0.3 is 0 Å². The maximum atomic E-state index is 12.5. The standard InChI is InChI=1S/C19H24N2O2/c1-3-17(16-7-5-6-8-18(16)23-4-2)21-19(22)15-11-9-14(13-20)10-12-15/h5-12,17H,3-4,13,20H2,1-2H3,(H,21,22). The fourth-order valence-corrected chi connectivity index (χ4v) is 2.49. The summed E-state index contributed by atoms with van der Waals surface area (Å²) in [5.41, 5.74) is 8.23. The molecular weight excluding hydrogens is 288 g/mol. The Morgan fingerprint density at radius 3 is 2.43 bits per heavy atom. The molecule has 1 unspecified atom stereocenters. The highest BCUT2D eigenvalue weighted by Gasteiger charge is 2.17. The molecule has 3 N–H and O–H groups in total. The molecule has 1 amide bonds.